The fraction of sp³-hybridized carbons (Fsp3) is 0.312. The summed E-state index contributed by atoms with van der Waals surface area (Å²) in [4.78, 5) is 46.8. The molecule has 1 atom stereocenters. The monoisotopic (exact) mass is 362 g/mol. The van der Waals surface area contributed by atoms with Gasteiger partial charge >= 0.3 is 5.97 Å². The Bertz CT molecular complexity index is 832. The van der Waals surface area contributed by atoms with E-state index in [4.69, 9.17) is 14.2 Å². The van der Waals surface area contributed by atoms with Crippen molar-refractivity contribution in [1.29, 1.82) is 0 Å². The summed E-state index contributed by atoms with van der Waals surface area (Å²) in [5.41, 5.74) is -0.340. The van der Waals surface area contributed by atoms with Crippen LogP contribution in [0.25, 0.3) is 0 Å². The largest absolute Gasteiger partial charge is 0.464 e. The fourth-order valence-corrected chi connectivity index (χ4v) is 2.76. The number of hydrogen-bond acceptors (Lipinski definition) is 8. The molecule has 136 valence electrons. The molecule has 0 fully saturated rings. The van der Waals surface area contributed by atoms with Crippen molar-refractivity contribution in [1.82, 2.24) is 4.90 Å². The van der Waals surface area contributed by atoms with Crippen LogP contribution in [0.3, 0.4) is 0 Å². The quantitative estimate of drug-likeness (QED) is 0.331. The number of nitro groups is 1. The third-order valence-corrected chi connectivity index (χ3v) is 3.95. The number of nitrogens with zero attached hydrogens (tertiary/aromatic N) is 2. The Morgan fingerprint density at radius 3 is 2.69 bits per heavy atom. The molecule has 3 rings (SSSR count). The van der Waals surface area contributed by atoms with Gasteiger partial charge < -0.3 is 19.1 Å². The van der Waals surface area contributed by atoms with Crippen molar-refractivity contribution < 1.29 is 33.5 Å². The van der Waals surface area contributed by atoms with Gasteiger partial charge in [-0.05, 0) is 0 Å². The van der Waals surface area contributed by atoms with E-state index in [1.807, 2.05) is 0 Å². The molecule has 10 heteroatoms. The molecule has 2 heterocycles. The molecule has 1 aromatic rings. The zero-order chi connectivity index (χ0) is 18.8. The minimum absolute atomic E-state index is 0.0991. The molecule has 1 aromatic carbocycles. The van der Waals surface area contributed by atoms with Crippen LogP contribution in [0.1, 0.15) is 23.7 Å². The van der Waals surface area contributed by atoms with Gasteiger partial charge in [0.05, 0.1) is 17.0 Å². The maximum Gasteiger partial charge on any atom is 0.302 e. The van der Waals surface area contributed by atoms with E-state index < -0.39 is 28.5 Å². The number of benzene rings is 1. The third kappa shape index (κ3) is 3.21. The minimum atomic E-state index is -0.705. The van der Waals surface area contributed by atoms with Crippen molar-refractivity contribution in [2.24, 2.45) is 0 Å². The van der Waals surface area contributed by atoms with Crippen molar-refractivity contribution >= 4 is 23.9 Å². The molecule has 0 radical (unpaired) electrons. The first kappa shape index (κ1) is 17.4. The van der Waals surface area contributed by atoms with Crippen LogP contribution in [-0.4, -0.2) is 47.4 Å². The molecular weight excluding hydrogens is 348 g/mol. The number of hydrogen-bond donors (Lipinski definition) is 0. The lowest BCUT2D eigenvalue weighted by molar-refractivity contribution is -0.385. The number of ether oxygens (including phenoxy) is 3. The molecule has 2 aliphatic heterocycles. The summed E-state index contributed by atoms with van der Waals surface area (Å²) in [6.45, 7) is 0.989. The van der Waals surface area contributed by atoms with Gasteiger partial charge in [-0.15, -0.1) is 0 Å². The third-order valence-electron chi connectivity index (χ3n) is 3.95. The standard InChI is InChI=1S/C16H14N2O8/c1-9(20)24-7-11-2-10(6-19)5-17(11)16(21)12-3-14-15(26-8-25-14)4-13(12)18(22)23/h3-6,11H,2,7-8H2,1H3/t11-/m0/s1. The number of esters is 1. The van der Waals surface area contributed by atoms with Crippen LogP contribution in [0.5, 0.6) is 11.5 Å². The van der Waals surface area contributed by atoms with E-state index in [1.54, 1.807) is 0 Å². The van der Waals surface area contributed by atoms with E-state index in [0.29, 0.717) is 11.9 Å². The summed E-state index contributed by atoms with van der Waals surface area (Å²) in [5, 5.41) is 11.4. The van der Waals surface area contributed by atoms with Gasteiger partial charge in [-0.25, -0.2) is 0 Å². The van der Waals surface area contributed by atoms with Gasteiger partial charge in [-0.1, -0.05) is 0 Å². The van der Waals surface area contributed by atoms with E-state index in [-0.39, 0.29) is 36.9 Å². The summed E-state index contributed by atoms with van der Waals surface area (Å²) in [7, 11) is 0. The highest BCUT2D eigenvalue weighted by Gasteiger charge is 2.35. The van der Waals surface area contributed by atoms with Crippen LogP contribution in [0, 0.1) is 10.1 Å². The number of nitro benzene ring substituents is 1. The van der Waals surface area contributed by atoms with Gasteiger partial charge in [0.1, 0.15) is 18.5 Å². The molecule has 1 amide bonds. The number of carbonyl (C=O) groups excluding carboxylic acids is 3. The Kier molecular flexibility index (Phi) is 4.57. The van der Waals surface area contributed by atoms with Crippen molar-refractivity contribution in [3.63, 3.8) is 0 Å². The van der Waals surface area contributed by atoms with E-state index in [2.05, 4.69) is 0 Å². The van der Waals surface area contributed by atoms with E-state index >= 15 is 0 Å². The summed E-state index contributed by atoms with van der Waals surface area (Å²) in [6.07, 6.45) is 2.07. The highest BCUT2D eigenvalue weighted by molar-refractivity contribution is 6.00. The van der Waals surface area contributed by atoms with Crippen LogP contribution < -0.4 is 9.47 Å². The zero-order valence-corrected chi connectivity index (χ0v) is 13.7. The number of rotatable bonds is 5. The second-order valence-corrected chi connectivity index (χ2v) is 5.67. The van der Waals surface area contributed by atoms with Gasteiger partial charge in [0.25, 0.3) is 11.6 Å². The van der Waals surface area contributed by atoms with Crippen molar-refractivity contribution in [2.75, 3.05) is 13.4 Å². The van der Waals surface area contributed by atoms with Crippen molar-refractivity contribution in [2.45, 2.75) is 19.4 Å². The predicted octanol–water partition coefficient (Wildman–Crippen LogP) is 1.18. The second-order valence-electron chi connectivity index (χ2n) is 5.67. The van der Waals surface area contributed by atoms with Crippen LogP contribution in [0.2, 0.25) is 0 Å². The zero-order valence-electron chi connectivity index (χ0n) is 13.7. The molecule has 0 aromatic heterocycles. The molecule has 0 unspecified atom stereocenters. The lowest BCUT2D eigenvalue weighted by Crippen LogP contribution is -2.36. The Labute approximate surface area is 147 Å². The smallest absolute Gasteiger partial charge is 0.302 e. The molecule has 0 saturated heterocycles. The highest BCUT2D eigenvalue weighted by Crippen LogP contribution is 2.39. The van der Waals surface area contributed by atoms with Gasteiger partial charge in [0.2, 0.25) is 6.79 Å². The van der Waals surface area contributed by atoms with Gasteiger partial charge in [-0.2, -0.15) is 0 Å². The highest BCUT2D eigenvalue weighted by atomic mass is 16.7. The van der Waals surface area contributed by atoms with Gasteiger partial charge in [-0.3, -0.25) is 24.5 Å². The normalized spacial score (nSPS) is 17.7. The minimum Gasteiger partial charge on any atom is -0.464 e. The molecule has 0 aliphatic carbocycles. The summed E-state index contributed by atoms with van der Waals surface area (Å²) in [5.74, 6) is -0.848. The van der Waals surface area contributed by atoms with Crippen LogP contribution in [0.15, 0.2) is 23.9 Å². The first-order valence-electron chi connectivity index (χ1n) is 7.60. The lowest BCUT2D eigenvalue weighted by Gasteiger charge is -2.23. The molecular formula is C16H14N2O8. The Morgan fingerprint density at radius 1 is 1.38 bits per heavy atom. The topological polar surface area (TPSA) is 125 Å². The van der Waals surface area contributed by atoms with Gasteiger partial charge in [0.15, 0.2) is 11.5 Å². The van der Waals surface area contributed by atoms with E-state index in [0.717, 1.165) is 11.0 Å². The van der Waals surface area contributed by atoms with Crippen LogP contribution in [-0.2, 0) is 14.3 Å². The lowest BCUT2D eigenvalue weighted by atomic mass is 10.1. The molecule has 0 spiro atoms. The molecule has 0 bridgehead atoms. The SMILES string of the molecule is CC(=O)OC[C@@H]1CC(C=O)=CN1C(=O)c1cc2c(cc1[N+](=O)[O-])OCO2. The van der Waals surface area contributed by atoms with Crippen LogP contribution in [0.4, 0.5) is 5.69 Å². The fourth-order valence-electron chi connectivity index (χ4n) is 2.76. The Morgan fingerprint density at radius 2 is 2.08 bits per heavy atom. The maximum atomic E-state index is 12.9. The summed E-state index contributed by atoms with van der Waals surface area (Å²) in [6, 6.07) is 1.73. The molecule has 0 N–H and O–H groups in total. The Balaban J connectivity index is 1.96. The summed E-state index contributed by atoms with van der Waals surface area (Å²) < 4.78 is 15.2. The van der Waals surface area contributed by atoms with Crippen molar-refractivity contribution in [3.8, 4) is 11.5 Å². The number of carbonyl (C=O) groups is 3. The Hall–Kier alpha value is -3.43. The first-order valence-corrected chi connectivity index (χ1v) is 7.60. The molecule has 2 aliphatic rings. The van der Waals surface area contributed by atoms with Crippen LogP contribution >= 0.6 is 0 Å². The molecule has 26 heavy (non-hydrogen) atoms. The first-order chi connectivity index (χ1) is 12.4. The number of amides is 1. The number of fused-ring (bicyclic) bond motifs is 1. The molecule has 10 nitrogen and oxygen atoms in total. The van der Waals surface area contributed by atoms with E-state index in [9.17, 15) is 24.5 Å². The average Bonchev–Trinajstić information content (AvgIpc) is 3.23. The summed E-state index contributed by atoms with van der Waals surface area (Å²) >= 11 is 0. The van der Waals surface area contributed by atoms with Gasteiger partial charge in [0, 0.05) is 31.2 Å². The average molecular weight is 362 g/mol. The maximum absolute atomic E-state index is 12.9. The van der Waals surface area contributed by atoms with E-state index in [1.165, 1.54) is 19.2 Å². The molecule has 0 saturated carbocycles. The van der Waals surface area contributed by atoms with Crippen molar-refractivity contribution in [3.05, 3.63) is 39.6 Å². The second kappa shape index (κ2) is 6.82. The number of aldehydes is 1. The predicted molar refractivity (Wildman–Crippen MR) is 84.6 cm³/mol.